The summed E-state index contributed by atoms with van der Waals surface area (Å²) in [5, 5.41) is 13.4. The molecule has 6 heteroatoms. The Kier molecular flexibility index (Phi) is 7.36. The molecule has 0 bridgehead atoms. The normalized spacial score (nSPS) is 11.0. The second-order valence-corrected chi connectivity index (χ2v) is 7.83. The predicted octanol–water partition coefficient (Wildman–Crippen LogP) is 6.73. The molecular weight excluding hydrogens is 431 g/mol. The third kappa shape index (κ3) is 5.88. The van der Waals surface area contributed by atoms with Crippen LogP contribution in [0.15, 0.2) is 66.2 Å². The summed E-state index contributed by atoms with van der Waals surface area (Å²) in [5.41, 5.74) is 4.17. The van der Waals surface area contributed by atoms with Gasteiger partial charge in [0.25, 0.3) is 5.91 Å². The van der Waals surface area contributed by atoms with Crippen LogP contribution in [0.4, 0.5) is 5.69 Å². The first kappa shape index (κ1) is 22.4. The number of benzene rings is 3. The van der Waals surface area contributed by atoms with Crippen molar-refractivity contribution in [2.45, 2.75) is 20.5 Å². The van der Waals surface area contributed by atoms with Crippen LogP contribution in [-0.4, -0.2) is 5.91 Å². The van der Waals surface area contributed by atoms with Crippen LogP contribution in [0.2, 0.25) is 10.0 Å². The van der Waals surface area contributed by atoms with E-state index in [1.165, 1.54) is 6.08 Å². The number of nitriles is 1. The Labute approximate surface area is 191 Å². The Bertz CT molecular complexity index is 1200. The van der Waals surface area contributed by atoms with Gasteiger partial charge in [-0.15, -0.1) is 0 Å². The molecule has 0 heterocycles. The van der Waals surface area contributed by atoms with Gasteiger partial charge < -0.3 is 10.1 Å². The van der Waals surface area contributed by atoms with E-state index in [0.717, 1.165) is 16.7 Å². The fraction of sp³-hybridized carbons (Fsp3) is 0.120. The highest BCUT2D eigenvalue weighted by molar-refractivity contribution is 6.35. The number of carbonyl (C=O) groups is 1. The van der Waals surface area contributed by atoms with Gasteiger partial charge in [-0.25, -0.2) is 0 Å². The van der Waals surface area contributed by atoms with E-state index in [0.29, 0.717) is 27.0 Å². The van der Waals surface area contributed by atoms with Crippen LogP contribution in [0.25, 0.3) is 6.08 Å². The maximum atomic E-state index is 12.6. The second-order valence-electron chi connectivity index (χ2n) is 6.99. The van der Waals surface area contributed by atoms with Gasteiger partial charge in [-0.05, 0) is 61.4 Å². The molecule has 0 saturated heterocycles. The lowest BCUT2D eigenvalue weighted by Crippen LogP contribution is -2.13. The summed E-state index contributed by atoms with van der Waals surface area (Å²) in [6.07, 6.45) is 1.51. The van der Waals surface area contributed by atoms with Gasteiger partial charge in [-0.3, -0.25) is 4.79 Å². The number of halogens is 2. The number of ether oxygens (including phenoxy) is 1. The fourth-order valence-electron chi connectivity index (χ4n) is 2.85. The molecule has 1 amide bonds. The zero-order valence-corrected chi connectivity index (χ0v) is 18.6. The highest BCUT2D eigenvalue weighted by Gasteiger charge is 2.12. The van der Waals surface area contributed by atoms with Gasteiger partial charge in [-0.2, -0.15) is 5.26 Å². The number of rotatable bonds is 6. The van der Waals surface area contributed by atoms with Gasteiger partial charge in [0.05, 0.1) is 0 Å². The number of hydrogen-bond acceptors (Lipinski definition) is 3. The van der Waals surface area contributed by atoms with Crippen LogP contribution < -0.4 is 10.1 Å². The Morgan fingerprint density at radius 3 is 2.55 bits per heavy atom. The van der Waals surface area contributed by atoms with Crippen molar-refractivity contribution in [3.05, 3.63) is 98.5 Å². The maximum absolute atomic E-state index is 12.6. The Morgan fingerprint density at radius 1 is 1.06 bits per heavy atom. The Morgan fingerprint density at radius 2 is 1.84 bits per heavy atom. The lowest BCUT2D eigenvalue weighted by atomic mass is 10.1. The molecule has 3 rings (SSSR count). The second kappa shape index (κ2) is 10.2. The molecule has 3 aromatic rings. The van der Waals surface area contributed by atoms with Crippen molar-refractivity contribution in [1.82, 2.24) is 0 Å². The minimum Gasteiger partial charge on any atom is -0.488 e. The smallest absolute Gasteiger partial charge is 0.266 e. The number of aryl methyl sites for hydroxylation is 2. The van der Waals surface area contributed by atoms with Gasteiger partial charge in [0, 0.05) is 26.9 Å². The van der Waals surface area contributed by atoms with Crippen LogP contribution >= 0.6 is 23.2 Å². The molecule has 0 aliphatic rings. The average Bonchev–Trinajstić information content (AvgIpc) is 2.74. The van der Waals surface area contributed by atoms with E-state index in [-0.39, 0.29) is 12.2 Å². The largest absolute Gasteiger partial charge is 0.488 e. The standard InChI is InChI=1S/C25H20Cl2N2O2/c1-16-7-10-22(11-17(16)2)29-25(30)20(14-28)12-18-5-3-4-6-24(18)31-15-19-8-9-21(26)13-23(19)27/h3-13H,15H2,1-2H3,(H,29,30)/b20-12+. The van der Waals surface area contributed by atoms with Crippen molar-refractivity contribution < 1.29 is 9.53 Å². The number of amides is 1. The van der Waals surface area contributed by atoms with Crippen molar-refractivity contribution in [2.75, 3.05) is 5.32 Å². The van der Waals surface area contributed by atoms with E-state index < -0.39 is 5.91 Å². The zero-order valence-electron chi connectivity index (χ0n) is 17.1. The monoisotopic (exact) mass is 450 g/mol. The molecule has 1 N–H and O–H groups in total. The number of hydrogen-bond donors (Lipinski definition) is 1. The molecule has 0 aliphatic heterocycles. The van der Waals surface area contributed by atoms with Gasteiger partial charge in [0.15, 0.2) is 0 Å². The fourth-order valence-corrected chi connectivity index (χ4v) is 3.31. The first-order chi connectivity index (χ1) is 14.9. The molecule has 0 saturated carbocycles. The van der Waals surface area contributed by atoms with Gasteiger partial charge in [0.1, 0.15) is 24.0 Å². The lowest BCUT2D eigenvalue weighted by molar-refractivity contribution is -0.112. The molecule has 0 spiro atoms. The van der Waals surface area contributed by atoms with Crippen LogP contribution in [-0.2, 0) is 11.4 Å². The van der Waals surface area contributed by atoms with Crippen LogP contribution in [0.3, 0.4) is 0 Å². The van der Waals surface area contributed by atoms with Crippen molar-refractivity contribution in [3.8, 4) is 11.8 Å². The summed E-state index contributed by atoms with van der Waals surface area (Å²) < 4.78 is 5.90. The molecule has 0 atom stereocenters. The number of carbonyl (C=O) groups excluding carboxylic acids is 1. The molecule has 0 aliphatic carbocycles. The van der Waals surface area contributed by atoms with E-state index in [9.17, 15) is 10.1 Å². The summed E-state index contributed by atoms with van der Waals surface area (Å²) in [7, 11) is 0. The quantitative estimate of drug-likeness (QED) is 0.334. The minimum atomic E-state index is -0.485. The third-order valence-corrected chi connectivity index (χ3v) is 5.33. The molecule has 156 valence electrons. The molecule has 0 unspecified atom stereocenters. The number of nitrogens with zero attached hydrogens (tertiary/aromatic N) is 1. The van der Waals surface area contributed by atoms with Crippen LogP contribution in [0, 0.1) is 25.2 Å². The summed E-state index contributed by atoms with van der Waals surface area (Å²) in [6.45, 7) is 4.18. The summed E-state index contributed by atoms with van der Waals surface area (Å²) in [5.74, 6) is 0.0431. The van der Waals surface area contributed by atoms with Crippen molar-refractivity contribution in [3.63, 3.8) is 0 Å². The van der Waals surface area contributed by atoms with Crippen molar-refractivity contribution in [2.24, 2.45) is 0 Å². The predicted molar refractivity (Wildman–Crippen MR) is 125 cm³/mol. The Balaban J connectivity index is 1.80. The first-order valence-electron chi connectivity index (χ1n) is 9.53. The van der Waals surface area contributed by atoms with E-state index in [4.69, 9.17) is 27.9 Å². The van der Waals surface area contributed by atoms with Crippen molar-refractivity contribution >= 4 is 40.9 Å². The molecule has 4 nitrogen and oxygen atoms in total. The minimum absolute atomic E-state index is 0.0289. The highest BCUT2D eigenvalue weighted by atomic mass is 35.5. The molecule has 0 radical (unpaired) electrons. The maximum Gasteiger partial charge on any atom is 0.266 e. The zero-order chi connectivity index (χ0) is 22.4. The van der Waals surface area contributed by atoms with Crippen LogP contribution in [0.1, 0.15) is 22.3 Å². The molecule has 3 aromatic carbocycles. The van der Waals surface area contributed by atoms with E-state index in [2.05, 4.69) is 5.32 Å². The van der Waals surface area contributed by atoms with E-state index in [1.54, 1.807) is 30.3 Å². The summed E-state index contributed by atoms with van der Waals surface area (Å²) >= 11 is 12.1. The summed E-state index contributed by atoms with van der Waals surface area (Å²) in [6, 6.07) is 19.9. The number of nitrogens with one attached hydrogen (secondary N) is 1. The van der Waals surface area contributed by atoms with E-state index >= 15 is 0 Å². The third-order valence-electron chi connectivity index (χ3n) is 4.75. The SMILES string of the molecule is Cc1ccc(NC(=O)/C(C#N)=C/c2ccccc2OCc2ccc(Cl)cc2Cl)cc1C. The molecule has 0 fully saturated rings. The van der Waals surface area contributed by atoms with Crippen LogP contribution in [0.5, 0.6) is 5.75 Å². The van der Waals surface area contributed by atoms with Gasteiger partial charge in [0.2, 0.25) is 0 Å². The topological polar surface area (TPSA) is 62.1 Å². The number of anilines is 1. The molecule has 0 aromatic heterocycles. The van der Waals surface area contributed by atoms with E-state index in [1.807, 2.05) is 50.2 Å². The number of para-hydroxylation sites is 1. The molecular formula is C25H20Cl2N2O2. The van der Waals surface area contributed by atoms with Crippen molar-refractivity contribution in [1.29, 1.82) is 5.26 Å². The lowest BCUT2D eigenvalue weighted by Gasteiger charge is -2.11. The average molecular weight is 451 g/mol. The summed E-state index contributed by atoms with van der Waals surface area (Å²) in [4.78, 5) is 12.6. The molecule has 31 heavy (non-hydrogen) atoms. The van der Waals surface area contributed by atoms with Gasteiger partial charge in [-0.1, -0.05) is 53.5 Å². The van der Waals surface area contributed by atoms with Gasteiger partial charge >= 0.3 is 0 Å². The highest BCUT2D eigenvalue weighted by Crippen LogP contribution is 2.26. The first-order valence-corrected chi connectivity index (χ1v) is 10.3. The Hall–Kier alpha value is -3.26.